The zero-order chi connectivity index (χ0) is 91.0. The lowest BCUT2D eigenvalue weighted by Gasteiger charge is -2.36. The van der Waals surface area contributed by atoms with Crippen molar-refractivity contribution < 1.29 is 0 Å². The molecule has 0 saturated heterocycles. The van der Waals surface area contributed by atoms with Crippen molar-refractivity contribution >= 4 is 83.5 Å². The number of rotatable bonds is 14. The summed E-state index contributed by atoms with van der Waals surface area (Å²) in [7, 11) is 0. The Morgan fingerprint density at radius 1 is 0.174 bits per heavy atom. The van der Waals surface area contributed by atoms with Crippen LogP contribution in [0.15, 0.2) is 467 Å². The molecule has 3 nitrogen and oxygen atoms in total. The summed E-state index contributed by atoms with van der Waals surface area (Å²) >= 11 is 0. The lowest BCUT2D eigenvalue weighted by Crippen LogP contribution is -2.31. The van der Waals surface area contributed by atoms with Crippen molar-refractivity contribution in [1.82, 2.24) is 0 Å². The van der Waals surface area contributed by atoms with E-state index in [4.69, 9.17) is 0 Å². The van der Waals surface area contributed by atoms with Crippen LogP contribution in [0.5, 0.6) is 0 Å². The predicted molar refractivity (Wildman–Crippen MR) is 578 cm³/mol. The highest BCUT2D eigenvalue weighted by Gasteiger charge is 2.60. The van der Waals surface area contributed by atoms with Gasteiger partial charge in [0, 0.05) is 66.8 Å². The Morgan fingerprint density at radius 2 is 0.464 bits per heavy atom. The molecule has 662 valence electrons. The van der Waals surface area contributed by atoms with Crippen LogP contribution in [0.4, 0.5) is 51.2 Å². The van der Waals surface area contributed by atoms with Crippen LogP contribution in [-0.4, -0.2) is 0 Å². The maximum atomic E-state index is 2.47. The minimum Gasteiger partial charge on any atom is -0.310 e. The molecular formula is C135H107N3. The van der Waals surface area contributed by atoms with E-state index in [1.807, 2.05) is 0 Å². The first-order valence-corrected chi connectivity index (χ1v) is 50.6. The highest BCUT2D eigenvalue weighted by molar-refractivity contribution is 6.12. The van der Waals surface area contributed by atoms with Crippen LogP contribution in [0.3, 0.4) is 0 Å². The molecular weight excluding hydrogens is 1660 g/mol. The molecule has 3 heteroatoms. The van der Waals surface area contributed by atoms with Crippen LogP contribution < -0.4 is 14.7 Å². The highest BCUT2D eigenvalue weighted by atomic mass is 15.2. The van der Waals surface area contributed by atoms with E-state index >= 15 is 0 Å². The van der Waals surface area contributed by atoms with Gasteiger partial charge in [-0.05, 0) is 334 Å². The third kappa shape index (κ3) is 13.0. The van der Waals surface area contributed by atoms with Gasteiger partial charge in [-0.15, -0.1) is 0 Å². The molecule has 20 aromatic carbocycles. The van der Waals surface area contributed by atoms with Crippen LogP contribution >= 0.6 is 0 Å². The lowest BCUT2D eigenvalue weighted by atomic mass is 9.66. The summed E-state index contributed by atoms with van der Waals surface area (Å²) < 4.78 is 0. The number of anilines is 9. The second-order valence-corrected chi connectivity index (χ2v) is 40.7. The Balaban J connectivity index is 0.000000106. The van der Waals surface area contributed by atoms with E-state index in [0.717, 1.165) is 75.3 Å². The highest BCUT2D eigenvalue weighted by Crippen LogP contribution is 2.71. The maximum Gasteiger partial charge on any atom is 0.0540 e. The molecule has 138 heavy (non-hydrogen) atoms. The first-order valence-electron chi connectivity index (χ1n) is 50.6. The van der Waals surface area contributed by atoms with Gasteiger partial charge in [0.1, 0.15) is 0 Å². The topological polar surface area (TPSA) is 9.72 Å². The lowest BCUT2D eigenvalue weighted by molar-refractivity contribution is 0.327. The van der Waals surface area contributed by atoms with Gasteiger partial charge in [0.05, 0.1) is 11.4 Å². The van der Waals surface area contributed by atoms with E-state index in [2.05, 4.69) is 482 Å². The number of hydrogen-bond acceptors (Lipinski definition) is 3. The Kier molecular flexibility index (Phi) is 19.9. The van der Waals surface area contributed by atoms with Crippen molar-refractivity contribution in [2.24, 2.45) is 35.5 Å². The van der Waals surface area contributed by atoms with E-state index in [9.17, 15) is 0 Å². The zero-order valence-corrected chi connectivity index (χ0v) is 77.7. The molecule has 6 bridgehead atoms. The molecule has 29 rings (SSSR count). The number of benzene rings is 20. The number of fused-ring (bicyclic) bond motifs is 27. The van der Waals surface area contributed by atoms with Crippen molar-refractivity contribution in [2.45, 2.75) is 93.3 Å². The third-order valence-corrected chi connectivity index (χ3v) is 34.0. The van der Waals surface area contributed by atoms with E-state index in [-0.39, 0.29) is 16.2 Å². The van der Waals surface area contributed by atoms with Crippen molar-refractivity contribution in [3.05, 3.63) is 500 Å². The smallest absolute Gasteiger partial charge is 0.0540 e. The predicted octanol–water partition coefficient (Wildman–Crippen LogP) is 36.5. The molecule has 0 aromatic heterocycles. The SMILES string of the molecule is c1ccc(-c2cc(N(c3ccccc3)c3ccc(-c4cccc5ccccc45)cc3)ccc2-c2cccc3c2-c2ccccc2C32CC3CCC2C3)cc1.c1ccc(N(c2ccccc2)c2ccc(-c3cccc4c3-c3ccccc3C43CC4CCC3C4)c3ccccc23)cc1.c1ccc(N(c2ccccc2)c2ccc(-c3cccc4c3-c3ccccc3[C@]43C[C@H]4CC[C@@H]3C4)c3ccccc23)cc1. The van der Waals surface area contributed by atoms with Gasteiger partial charge >= 0.3 is 0 Å². The Morgan fingerprint density at radius 3 is 0.862 bits per heavy atom. The van der Waals surface area contributed by atoms with Crippen LogP contribution in [0.25, 0.3) is 121 Å². The Hall–Kier alpha value is -15.4. The summed E-state index contributed by atoms with van der Waals surface area (Å²) in [4.78, 5) is 7.18. The maximum absolute atomic E-state index is 2.47. The molecule has 0 heterocycles. The van der Waals surface area contributed by atoms with Crippen LogP contribution in [0.1, 0.15) is 110 Å². The third-order valence-electron chi connectivity index (χ3n) is 34.0. The van der Waals surface area contributed by atoms with Gasteiger partial charge in [0.2, 0.25) is 0 Å². The summed E-state index contributed by atoms with van der Waals surface area (Å²) in [5.74, 6) is 4.87. The average Bonchev–Trinajstić information content (AvgIpc) is 1.53. The molecule has 9 atom stereocenters. The van der Waals surface area contributed by atoms with Gasteiger partial charge < -0.3 is 14.7 Å². The Labute approximate surface area is 810 Å². The molecule has 0 N–H and O–H groups in total. The van der Waals surface area contributed by atoms with Gasteiger partial charge in [0.15, 0.2) is 0 Å². The molecule has 6 saturated carbocycles. The van der Waals surface area contributed by atoms with Crippen LogP contribution in [-0.2, 0) is 16.2 Å². The molecule has 20 aromatic rings. The van der Waals surface area contributed by atoms with E-state index in [1.165, 1.54) is 210 Å². The summed E-state index contributed by atoms with van der Waals surface area (Å²) in [5, 5.41) is 7.66. The summed E-state index contributed by atoms with van der Waals surface area (Å²) in [5.41, 5.74) is 42.2. The number of hydrogen-bond donors (Lipinski definition) is 0. The second kappa shape index (κ2) is 33.5. The van der Waals surface area contributed by atoms with E-state index in [1.54, 1.807) is 33.4 Å². The first kappa shape index (κ1) is 82.1. The van der Waals surface area contributed by atoms with Crippen molar-refractivity contribution in [2.75, 3.05) is 14.7 Å². The standard InChI is InChI=1S/C53H41N.2C41H33N/c1-3-13-38(14-4-1)49-34-43(54(41-17-5-2-6-18-41)42-29-26-39(27-30-42)45-21-11-16-37-15-7-8-19-44(37)45)31-32-46(49)47-22-12-24-51-52(47)48-20-9-10-23-50(48)53(51)35-36-25-28-40(53)33-36;2*1-3-12-30(13-4-1)42(31-14-5-2-6-15-31)39-25-24-33(32-16-7-8-17-34(32)39)35-19-11-21-38-40(35)36-18-9-10-20-37(36)41(38)27-28-22-23-29(41)26-28/h1-24,26-27,29-32,34,36,40H,25,28,33,35H2;2*1-21,24-25,28-29H,22-23,26-27H2/t;28-,29+,41+;/m.0./s1. The van der Waals surface area contributed by atoms with Gasteiger partial charge in [-0.25, -0.2) is 0 Å². The summed E-state index contributed by atoms with van der Waals surface area (Å²) in [6.45, 7) is 0. The molecule has 9 aliphatic rings. The van der Waals surface area contributed by atoms with Crippen LogP contribution in [0.2, 0.25) is 0 Å². The quantitative estimate of drug-likeness (QED) is 0.107. The Bertz CT molecular complexity index is 7720. The molecule has 6 unspecified atom stereocenters. The minimum atomic E-state index is 0.153. The number of nitrogens with zero attached hydrogens (tertiary/aromatic N) is 3. The fraction of sp³-hybridized carbons (Fsp3) is 0.156. The van der Waals surface area contributed by atoms with Gasteiger partial charge in [-0.1, -0.05) is 389 Å². The fourth-order valence-corrected chi connectivity index (χ4v) is 28.6. The molecule has 9 aliphatic carbocycles. The largest absolute Gasteiger partial charge is 0.310 e. The monoisotopic (exact) mass is 1770 g/mol. The summed E-state index contributed by atoms with van der Waals surface area (Å²) in [6, 6.07) is 173. The van der Waals surface area contributed by atoms with Crippen molar-refractivity contribution in [3.63, 3.8) is 0 Å². The van der Waals surface area contributed by atoms with E-state index < -0.39 is 0 Å². The number of para-hydroxylation sites is 5. The van der Waals surface area contributed by atoms with Gasteiger partial charge in [-0.3, -0.25) is 0 Å². The fourth-order valence-electron chi connectivity index (χ4n) is 28.6. The van der Waals surface area contributed by atoms with Gasteiger partial charge in [0.25, 0.3) is 0 Å². The second-order valence-electron chi connectivity index (χ2n) is 40.7. The minimum absolute atomic E-state index is 0.153. The molecule has 0 radical (unpaired) electrons. The van der Waals surface area contributed by atoms with Gasteiger partial charge in [-0.2, -0.15) is 0 Å². The molecule has 6 fully saturated rings. The molecule has 3 spiro atoms. The molecule has 0 aliphatic heterocycles. The normalized spacial score (nSPS) is 20.6. The zero-order valence-electron chi connectivity index (χ0n) is 77.7. The van der Waals surface area contributed by atoms with Crippen molar-refractivity contribution in [1.29, 1.82) is 0 Å². The van der Waals surface area contributed by atoms with E-state index in [0.29, 0.717) is 0 Å². The first-order chi connectivity index (χ1) is 68.4. The van der Waals surface area contributed by atoms with Crippen molar-refractivity contribution in [3.8, 4) is 89.0 Å². The molecule has 0 amide bonds. The summed E-state index contributed by atoms with van der Waals surface area (Å²) in [6.07, 6.45) is 16.4. The van der Waals surface area contributed by atoms with Crippen LogP contribution in [0, 0.1) is 35.5 Å². The average molecular weight is 1770 g/mol.